The Morgan fingerprint density at radius 2 is 1.76 bits per heavy atom. The molecule has 2 N–H and O–H groups in total. The van der Waals surface area contributed by atoms with Gasteiger partial charge in [-0.25, -0.2) is 0 Å². The molecule has 0 aromatic carbocycles. The van der Waals surface area contributed by atoms with E-state index in [4.69, 9.17) is 14.2 Å². The van der Waals surface area contributed by atoms with Crippen molar-refractivity contribution in [3.63, 3.8) is 0 Å². The molecule has 7 rings (SSSR count). The van der Waals surface area contributed by atoms with Gasteiger partial charge < -0.3 is 29.3 Å². The topological polar surface area (TPSA) is 88.5 Å². The summed E-state index contributed by atoms with van der Waals surface area (Å²) in [6.45, 7) is 14.3. The van der Waals surface area contributed by atoms with Crippen LogP contribution in [-0.4, -0.2) is 77.0 Å². The standard InChI is InChI=1S/C34H55NO6/c1-20(36)35-15-16-39-28(18-35)41-27-11-12-34-19-33(34)14-13-32(6)22-7-9-24(29(37)31(4,5)38)40-25(22)17-23(32)21(33)8-10-26(34)30(27,2)3/h21-29,37-38H,7-19H2,1-6H3/t21?,22?,23?,24?,25?,26?,27-,28?,29-,32?,33-,34+/m0/s1. The molecule has 0 bridgehead atoms. The zero-order valence-corrected chi connectivity index (χ0v) is 26.4. The Bertz CT molecular complexity index is 1060. The number of rotatable bonds is 4. The third-order valence-electron chi connectivity index (χ3n) is 14.4. The Labute approximate surface area is 247 Å². The second kappa shape index (κ2) is 9.39. The van der Waals surface area contributed by atoms with Crippen molar-refractivity contribution in [2.75, 3.05) is 19.7 Å². The molecule has 2 aliphatic heterocycles. The molecule has 12 atom stereocenters. The van der Waals surface area contributed by atoms with Gasteiger partial charge in [-0.3, -0.25) is 4.79 Å². The van der Waals surface area contributed by atoms with Gasteiger partial charge in [-0.05, 0) is 123 Å². The van der Waals surface area contributed by atoms with E-state index in [0.29, 0.717) is 53.7 Å². The summed E-state index contributed by atoms with van der Waals surface area (Å²) in [5, 5.41) is 21.3. The van der Waals surface area contributed by atoms with E-state index < -0.39 is 11.7 Å². The molecule has 7 aliphatic rings. The first-order chi connectivity index (χ1) is 19.2. The second-order valence-electron chi connectivity index (χ2n) is 16.8. The first kappa shape index (κ1) is 29.0. The minimum absolute atomic E-state index is 0.0859. The van der Waals surface area contributed by atoms with Crippen LogP contribution in [0, 0.1) is 45.3 Å². The minimum Gasteiger partial charge on any atom is -0.388 e. The van der Waals surface area contributed by atoms with Gasteiger partial charge in [0.2, 0.25) is 5.91 Å². The van der Waals surface area contributed by atoms with Crippen molar-refractivity contribution in [2.45, 2.75) is 142 Å². The zero-order valence-electron chi connectivity index (χ0n) is 26.4. The number of ether oxygens (including phenoxy) is 3. The van der Waals surface area contributed by atoms with Gasteiger partial charge in [-0.2, -0.15) is 0 Å². The smallest absolute Gasteiger partial charge is 0.219 e. The van der Waals surface area contributed by atoms with Crippen LogP contribution in [0.1, 0.15) is 106 Å². The molecule has 5 aliphatic carbocycles. The lowest BCUT2D eigenvalue weighted by molar-refractivity contribution is -0.244. The van der Waals surface area contributed by atoms with Crippen LogP contribution in [0.25, 0.3) is 0 Å². The van der Waals surface area contributed by atoms with Crippen LogP contribution in [0.5, 0.6) is 0 Å². The third kappa shape index (κ3) is 4.11. The van der Waals surface area contributed by atoms with E-state index in [2.05, 4.69) is 20.8 Å². The number of hydrogen-bond donors (Lipinski definition) is 2. The molecule has 7 heteroatoms. The summed E-state index contributed by atoms with van der Waals surface area (Å²) in [6.07, 6.45) is 11.1. The highest BCUT2D eigenvalue weighted by molar-refractivity contribution is 5.73. The Balaban J connectivity index is 1.07. The number of aliphatic hydroxyl groups excluding tert-OH is 1. The number of hydrogen-bond acceptors (Lipinski definition) is 6. The van der Waals surface area contributed by atoms with Gasteiger partial charge in [0, 0.05) is 13.5 Å². The molecule has 2 saturated heterocycles. The first-order valence-corrected chi connectivity index (χ1v) is 16.8. The van der Waals surface area contributed by atoms with Crippen LogP contribution in [0.4, 0.5) is 0 Å². The van der Waals surface area contributed by atoms with Gasteiger partial charge in [-0.15, -0.1) is 0 Å². The molecular weight excluding hydrogens is 518 g/mol. The van der Waals surface area contributed by atoms with Gasteiger partial charge >= 0.3 is 0 Å². The van der Waals surface area contributed by atoms with E-state index in [1.807, 2.05) is 4.90 Å². The van der Waals surface area contributed by atoms with Crippen LogP contribution >= 0.6 is 0 Å². The summed E-state index contributed by atoms with van der Waals surface area (Å²) in [7, 11) is 0. The molecule has 2 spiro atoms. The fourth-order valence-corrected chi connectivity index (χ4v) is 12.4. The number of fused-ring (bicyclic) bond motifs is 4. The predicted octanol–water partition coefficient (Wildman–Crippen LogP) is 4.91. The van der Waals surface area contributed by atoms with E-state index in [9.17, 15) is 15.0 Å². The number of carbonyl (C=O) groups excluding carboxylic acids is 1. The number of carbonyl (C=O) groups is 1. The largest absolute Gasteiger partial charge is 0.388 e. The maximum atomic E-state index is 12.0. The van der Waals surface area contributed by atoms with Gasteiger partial charge in [-0.1, -0.05) is 20.8 Å². The molecule has 1 amide bonds. The third-order valence-corrected chi connectivity index (χ3v) is 14.4. The molecule has 0 radical (unpaired) electrons. The van der Waals surface area contributed by atoms with Crippen LogP contribution < -0.4 is 0 Å². The van der Waals surface area contributed by atoms with Gasteiger partial charge in [0.25, 0.3) is 0 Å². The molecule has 7 fully saturated rings. The van der Waals surface area contributed by atoms with Gasteiger partial charge in [0.1, 0.15) is 6.10 Å². The minimum atomic E-state index is -1.14. The molecule has 0 aromatic heterocycles. The van der Waals surface area contributed by atoms with E-state index in [0.717, 1.165) is 31.6 Å². The molecule has 41 heavy (non-hydrogen) atoms. The second-order valence-corrected chi connectivity index (χ2v) is 16.8. The SMILES string of the molecule is CC(=O)N1CCOC(O[C@H]2CC[C@]34C[C@]35CCC3(C)C6CCC([C@H](O)C(C)(C)O)OC6CC3C5CCC4C2(C)C)C1. The highest BCUT2D eigenvalue weighted by atomic mass is 16.7. The summed E-state index contributed by atoms with van der Waals surface area (Å²) in [5.74, 6) is 2.84. The molecular formula is C34H55NO6. The molecule has 5 saturated carbocycles. The quantitative estimate of drug-likeness (QED) is 0.497. The number of nitrogens with zero attached hydrogens (tertiary/aromatic N) is 1. The predicted molar refractivity (Wildman–Crippen MR) is 155 cm³/mol. The van der Waals surface area contributed by atoms with Gasteiger partial charge in [0.05, 0.1) is 37.1 Å². The van der Waals surface area contributed by atoms with Crippen LogP contribution in [0.3, 0.4) is 0 Å². The zero-order chi connectivity index (χ0) is 29.2. The molecule has 0 aromatic rings. The van der Waals surface area contributed by atoms with Crippen molar-refractivity contribution in [3.8, 4) is 0 Å². The summed E-state index contributed by atoms with van der Waals surface area (Å²) in [6, 6.07) is 0. The molecule has 8 unspecified atom stereocenters. The number of aliphatic hydroxyl groups is 2. The normalized spacial score (nSPS) is 51.0. The van der Waals surface area contributed by atoms with E-state index in [1.54, 1.807) is 20.8 Å². The van der Waals surface area contributed by atoms with Crippen molar-refractivity contribution >= 4 is 5.91 Å². The molecule has 232 valence electrons. The summed E-state index contributed by atoms with van der Waals surface area (Å²) in [5.41, 5.74) is 0.213. The van der Waals surface area contributed by atoms with Crippen molar-refractivity contribution in [1.29, 1.82) is 0 Å². The molecule has 7 nitrogen and oxygen atoms in total. The van der Waals surface area contributed by atoms with Crippen LogP contribution in [-0.2, 0) is 19.0 Å². The lowest BCUT2D eigenvalue weighted by atomic mass is 9.46. The summed E-state index contributed by atoms with van der Waals surface area (Å²) < 4.78 is 19.4. The Morgan fingerprint density at radius 1 is 1.00 bits per heavy atom. The lowest BCUT2D eigenvalue weighted by Crippen LogP contribution is -2.56. The van der Waals surface area contributed by atoms with Crippen molar-refractivity contribution in [1.82, 2.24) is 4.90 Å². The fraction of sp³-hybridized carbons (Fsp3) is 0.971. The lowest BCUT2D eigenvalue weighted by Gasteiger charge is -2.60. The Hall–Kier alpha value is -0.730. The Morgan fingerprint density at radius 3 is 2.49 bits per heavy atom. The van der Waals surface area contributed by atoms with E-state index >= 15 is 0 Å². The van der Waals surface area contributed by atoms with Crippen molar-refractivity contribution in [2.24, 2.45) is 45.3 Å². The maximum absolute atomic E-state index is 12.0. The van der Waals surface area contributed by atoms with E-state index in [1.165, 1.54) is 38.5 Å². The average molecular weight is 574 g/mol. The fourth-order valence-electron chi connectivity index (χ4n) is 12.4. The number of morpholine rings is 1. The van der Waals surface area contributed by atoms with Gasteiger partial charge in [0.15, 0.2) is 6.29 Å². The summed E-state index contributed by atoms with van der Waals surface area (Å²) >= 11 is 0. The highest BCUT2D eigenvalue weighted by Gasteiger charge is 2.80. The van der Waals surface area contributed by atoms with Crippen LogP contribution in [0.2, 0.25) is 0 Å². The van der Waals surface area contributed by atoms with Crippen LogP contribution in [0.15, 0.2) is 0 Å². The Kier molecular flexibility index (Phi) is 6.64. The van der Waals surface area contributed by atoms with Crippen molar-refractivity contribution in [3.05, 3.63) is 0 Å². The monoisotopic (exact) mass is 573 g/mol. The highest BCUT2D eigenvalue weighted by Crippen LogP contribution is 2.87. The first-order valence-electron chi connectivity index (χ1n) is 16.8. The number of amides is 1. The maximum Gasteiger partial charge on any atom is 0.219 e. The van der Waals surface area contributed by atoms with Crippen molar-refractivity contribution < 1.29 is 29.2 Å². The average Bonchev–Trinajstić information content (AvgIpc) is 3.49. The molecule has 2 heterocycles. The van der Waals surface area contributed by atoms with E-state index in [-0.39, 0.29) is 35.9 Å². The summed E-state index contributed by atoms with van der Waals surface area (Å²) in [4.78, 5) is 13.9.